The van der Waals surface area contributed by atoms with Crippen molar-refractivity contribution in [1.29, 1.82) is 0 Å². The van der Waals surface area contributed by atoms with Gasteiger partial charge in [0.25, 0.3) is 11.8 Å². The van der Waals surface area contributed by atoms with Crippen LogP contribution in [0.3, 0.4) is 0 Å². The summed E-state index contributed by atoms with van der Waals surface area (Å²) in [5, 5.41) is 8.29. The molecule has 3 amide bonds. The van der Waals surface area contributed by atoms with Crippen molar-refractivity contribution in [3.8, 4) is 0 Å². The topological polar surface area (TPSA) is 100 Å². The van der Waals surface area contributed by atoms with Crippen LogP contribution < -0.4 is 16.0 Å². The van der Waals surface area contributed by atoms with Gasteiger partial charge in [-0.05, 0) is 64.3 Å². The van der Waals surface area contributed by atoms with E-state index in [1.165, 1.54) is 0 Å². The number of aromatic nitrogens is 1. The van der Waals surface area contributed by atoms with Gasteiger partial charge in [-0.25, -0.2) is 4.98 Å². The fourth-order valence-corrected chi connectivity index (χ4v) is 3.18. The molecule has 0 bridgehead atoms. The minimum atomic E-state index is -0.743. The van der Waals surface area contributed by atoms with Gasteiger partial charge in [0.1, 0.15) is 11.9 Å². The Kier molecular flexibility index (Phi) is 7.72. The lowest BCUT2D eigenvalue weighted by Gasteiger charge is -2.22. The van der Waals surface area contributed by atoms with Crippen LogP contribution in [0.5, 0.6) is 0 Å². The number of pyridine rings is 1. The lowest BCUT2D eigenvalue weighted by Crippen LogP contribution is -2.47. The number of halogens is 1. The summed E-state index contributed by atoms with van der Waals surface area (Å²) in [5.74, 6) is -0.770. The first-order valence-corrected chi connectivity index (χ1v) is 10.8. The molecule has 0 radical (unpaired) electrons. The van der Waals surface area contributed by atoms with Crippen molar-refractivity contribution in [2.75, 3.05) is 10.6 Å². The van der Waals surface area contributed by atoms with Gasteiger partial charge in [-0.15, -0.1) is 0 Å². The molecule has 3 rings (SSSR count). The van der Waals surface area contributed by atoms with Crippen molar-refractivity contribution >= 4 is 45.2 Å². The number of anilines is 2. The van der Waals surface area contributed by atoms with Gasteiger partial charge in [0, 0.05) is 27.5 Å². The lowest BCUT2D eigenvalue weighted by atomic mass is 10.0. The Labute approximate surface area is 194 Å². The van der Waals surface area contributed by atoms with Crippen LogP contribution in [0.15, 0.2) is 77.4 Å². The van der Waals surface area contributed by atoms with Crippen LogP contribution in [0.4, 0.5) is 11.5 Å². The van der Waals surface area contributed by atoms with Crippen LogP contribution in [-0.4, -0.2) is 28.7 Å². The molecule has 8 heteroatoms. The smallest absolute Gasteiger partial charge is 0.256 e. The highest BCUT2D eigenvalue weighted by Gasteiger charge is 2.25. The molecule has 1 atom stereocenters. The Bertz CT molecular complexity index is 1100. The highest BCUT2D eigenvalue weighted by molar-refractivity contribution is 9.10. The van der Waals surface area contributed by atoms with E-state index in [4.69, 9.17) is 0 Å². The van der Waals surface area contributed by atoms with Gasteiger partial charge < -0.3 is 16.0 Å². The molecule has 1 heterocycles. The quantitative estimate of drug-likeness (QED) is 0.450. The minimum Gasteiger partial charge on any atom is -0.340 e. The van der Waals surface area contributed by atoms with Gasteiger partial charge in [-0.3, -0.25) is 14.4 Å². The zero-order valence-corrected chi connectivity index (χ0v) is 19.2. The average molecular weight is 495 g/mol. The normalized spacial score (nSPS) is 11.5. The SMILES string of the molecule is CC(C)C(NC(=O)c1ccccc1)C(=O)Nc1cccc(C(=O)Nc2ccc(Br)cn2)c1. The van der Waals surface area contributed by atoms with Crippen LogP contribution in [0.2, 0.25) is 0 Å². The maximum Gasteiger partial charge on any atom is 0.256 e. The number of nitrogens with zero attached hydrogens (tertiary/aromatic N) is 1. The van der Waals surface area contributed by atoms with E-state index in [0.29, 0.717) is 22.6 Å². The van der Waals surface area contributed by atoms with Crippen LogP contribution in [-0.2, 0) is 4.79 Å². The molecule has 3 N–H and O–H groups in total. The van der Waals surface area contributed by atoms with Gasteiger partial charge in [-0.1, -0.05) is 38.1 Å². The highest BCUT2D eigenvalue weighted by Crippen LogP contribution is 2.16. The molecule has 1 aromatic heterocycles. The van der Waals surface area contributed by atoms with Gasteiger partial charge in [-0.2, -0.15) is 0 Å². The molecule has 1 unspecified atom stereocenters. The number of amides is 3. The second kappa shape index (κ2) is 10.7. The van der Waals surface area contributed by atoms with Gasteiger partial charge in [0.05, 0.1) is 0 Å². The molecular weight excluding hydrogens is 472 g/mol. The molecule has 0 fully saturated rings. The predicted molar refractivity (Wildman–Crippen MR) is 127 cm³/mol. The first-order chi connectivity index (χ1) is 15.3. The molecule has 7 nitrogen and oxygen atoms in total. The largest absolute Gasteiger partial charge is 0.340 e. The number of hydrogen-bond acceptors (Lipinski definition) is 4. The molecule has 0 saturated heterocycles. The zero-order chi connectivity index (χ0) is 23.1. The molecular formula is C24H23BrN4O3. The monoisotopic (exact) mass is 494 g/mol. The van der Waals surface area contributed by atoms with Crippen molar-refractivity contribution in [3.05, 3.63) is 88.5 Å². The highest BCUT2D eigenvalue weighted by atomic mass is 79.9. The van der Waals surface area contributed by atoms with E-state index in [9.17, 15) is 14.4 Å². The molecule has 0 aliphatic rings. The molecule has 3 aromatic rings. The summed E-state index contributed by atoms with van der Waals surface area (Å²) in [6, 6.07) is 18.0. The third-order valence-corrected chi connectivity index (χ3v) is 5.10. The van der Waals surface area contributed by atoms with E-state index in [0.717, 1.165) is 4.47 Å². The molecule has 0 aliphatic carbocycles. The molecule has 2 aromatic carbocycles. The van der Waals surface area contributed by atoms with Crippen molar-refractivity contribution in [2.24, 2.45) is 5.92 Å². The number of carbonyl (C=O) groups is 3. The van der Waals surface area contributed by atoms with Crippen LogP contribution in [0.1, 0.15) is 34.6 Å². The number of carbonyl (C=O) groups excluding carboxylic acids is 3. The molecule has 0 aliphatic heterocycles. The summed E-state index contributed by atoms with van der Waals surface area (Å²) in [7, 11) is 0. The van der Waals surface area contributed by atoms with E-state index in [-0.39, 0.29) is 23.6 Å². The first-order valence-electron chi connectivity index (χ1n) is 10.0. The van der Waals surface area contributed by atoms with E-state index in [2.05, 4.69) is 36.9 Å². The van der Waals surface area contributed by atoms with Gasteiger partial charge in [0.2, 0.25) is 5.91 Å². The molecule has 164 valence electrons. The molecule has 0 saturated carbocycles. The van der Waals surface area contributed by atoms with Crippen LogP contribution in [0, 0.1) is 5.92 Å². The van der Waals surface area contributed by atoms with Crippen molar-refractivity contribution in [2.45, 2.75) is 19.9 Å². The Morgan fingerprint density at radius 1 is 0.844 bits per heavy atom. The lowest BCUT2D eigenvalue weighted by molar-refractivity contribution is -0.118. The number of hydrogen-bond donors (Lipinski definition) is 3. The van der Waals surface area contributed by atoms with Crippen molar-refractivity contribution in [1.82, 2.24) is 10.3 Å². The summed E-state index contributed by atoms with van der Waals surface area (Å²) in [6.45, 7) is 3.70. The Hall–Kier alpha value is -3.52. The summed E-state index contributed by atoms with van der Waals surface area (Å²) < 4.78 is 0.805. The second-order valence-electron chi connectivity index (χ2n) is 7.45. The predicted octanol–water partition coefficient (Wildman–Crippen LogP) is 4.49. The number of rotatable bonds is 7. The third-order valence-electron chi connectivity index (χ3n) is 4.63. The number of nitrogens with one attached hydrogen (secondary N) is 3. The maximum absolute atomic E-state index is 12.9. The molecule has 0 spiro atoms. The molecule has 32 heavy (non-hydrogen) atoms. The summed E-state index contributed by atoms with van der Waals surface area (Å²) >= 11 is 3.30. The zero-order valence-electron chi connectivity index (χ0n) is 17.6. The average Bonchev–Trinajstić information content (AvgIpc) is 2.79. The van der Waals surface area contributed by atoms with Gasteiger partial charge in [0.15, 0.2) is 0 Å². The maximum atomic E-state index is 12.9. The van der Waals surface area contributed by atoms with Crippen molar-refractivity contribution in [3.63, 3.8) is 0 Å². The van der Waals surface area contributed by atoms with E-state index < -0.39 is 6.04 Å². The van der Waals surface area contributed by atoms with E-state index >= 15 is 0 Å². The van der Waals surface area contributed by atoms with E-state index in [1.807, 2.05) is 19.9 Å². The van der Waals surface area contributed by atoms with Crippen LogP contribution >= 0.6 is 15.9 Å². The Morgan fingerprint density at radius 2 is 1.56 bits per heavy atom. The summed E-state index contributed by atoms with van der Waals surface area (Å²) in [5.41, 5.74) is 1.29. The number of benzene rings is 2. The van der Waals surface area contributed by atoms with Crippen LogP contribution in [0.25, 0.3) is 0 Å². The Morgan fingerprint density at radius 3 is 2.22 bits per heavy atom. The van der Waals surface area contributed by atoms with E-state index in [1.54, 1.807) is 66.9 Å². The van der Waals surface area contributed by atoms with Gasteiger partial charge >= 0.3 is 0 Å². The second-order valence-corrected chi connectivity index (χ2v) is 8.36. The first kappa shape index (κ1) is 23.1. The third kappa shape index (κ3) is 6.24. The fourth-order valence-electron chi connectivity index (χ4n) is 2.95. The van der Waals surface area contributed by atoms with Crippen molar-refractivity contribution < 1.29 is 14.4 Å². The Balaban J connectivity index is 1.68. The minimum absolute atomic E-state index is 0.141. The fraction of sp³-hybridized carbons (Fsp3) is 0.167. The summed E-state index contributed by atoms with van der Waals surface area (Å²) in [6.07, 6.45) is 1.59. The standard InChI is InChI=1S/C24H23BrN4O3/c1-15(2)21(29-22(30)16-7-4-3-5-8-16)24(32)27-19-10-6-9-17(13-19)23(31)28-20-12-11-18(25)14-26-20/h3-15,21H,1-2H3,(H,27,32)(H,29,30)(H,26,28,31). The summed E-state index contributed by atoms with van der Waals surface area (Å²) in [4.78, 5) is 42.1.